The third-order valence-corrected chi connectivity index (χ3v) is 3.24. The Morgan fingerprint density at radius 2 is 2.10 bits per heavy atom. The van der Waals surface area contributed by atoms with Crippen LogP contribution in [0.25, 0.3) is 6.08 Å². The lowest BCUT2D eigenvalue weighted by atomic mass is 10.2. The Kier molecular flexibility index (Phi) is 4.41. The van der Waals surface area contributed by atoms with Gasteiger partial charge in [-0.15, -0.1) is 0 Å². The molecule has 20 heavy (non-hydrogen) atoms. The number of ether oxygens (including phenoxy) is 2. The molecular weight excluding hydrogens is 282 g/mol. The van der Waals surface area contributed by atoms with Crippen LogP contribution in [0.15, 0.2) is 23.1 Å². The van der Waals surface area contributed by atoms with Crippen molar-refractivity contribution in [2.45, 2.75) is 0 Å². The zero-order chi connectivity index (χ0) is 14.5. The fraction of sp³-hybridized carbons (Fsp3) is 0.154. The van der Waals surface area contributed by atoms with E-state index in [0.29, 0.717) is 28.3 Å². The highest BCUT2D eigenvalue weighted by atomic mass is 32.2. The molecule has 0 aromatic heterocycles. The molecule has 7 heteroatoms. The summed E-state index contributed by atoms with van der Waals surface area (Å²) in [6.45, 7) is -0.0659. The van der Waals surface area contributed by atoms with Crippen LogP contribution in [0.2, 0.25) is 0 Å². The lowest BCUT2D eigenvalue weighted by Crippen LogP contribution is -2.17. The van der Waals surface area contributed by atoms with E-state index in [1.165, 1.54) is 7.11 Å². The third-order valence-electron chi connectivity index (χ3n) is 2.43. The second-order valence-electron chi connectivity index (χ2n) is 3.74. The fourth-order valence-corrected chi connectivity index (χ4v) is 2.27. The summed E-state index contributed by atoms with van der Waals surface area (Å²) < 4.78 is 10.3. The van der Waals surface area contributed by atoms with Crippen molar-refractivity contribution in [3.8, 4) is 11.5 Å². The second-order valence-corrected chi connectivity index (χ2v) is 4.75. The van der Waals surface area contributed by atoms with Gasteiger partial charge in [-0.05, 0) is 35.5 Å². The summed E-state index contributed by atoms with van der Waals surface area (Å²) in [4.78, 5) is 33.1. The van der Waals surface area contributed by atoms with Crippen LogP contribution in [0.5, 0.6) is 11.5 Å². The van der Waals surface area contributed by atoms with Crippen LogP contribution in [-0.2, 0) is 9.59 Å². The van der Waals surface area contributed by atoms with E-state index in [1.807, 2.05) is 0 Å². The standard InChI is InChI=1S/C13H11NO5S/c1-18-10-6-8(2-3-9(10)19-5-4-15)7-11-12(16)14-13(17)20-11/h2-4,6-7H,5H2,1H3,(H,14,16,17)/b11-7-. The van der Waals surface area contributed by atoms with Crippen LogP contribution < -0.4 is 14.8 Å². The number of aldehydes is 1. The lowest BCUT2D eigenvalue weighted by molar-refractivity contribution is -0.115. The van der Waals surface area contributed by atoms with Gasteiger partial charge in [0.15, 0.2) is 17.8 Å². The summed E-state index contributed by atoms with van der Waals surface area (Å²) in [6, 6.07) is 4.99. The van der Waals surface area contributed by atoms with Gasteiger partial charge in [0.1, 0.15) is 6.61 Å². The molecular formula is C13H11NO5S. The molecule has 1 fully saturated rings. The van der Waals surface area contributed by atoms with E-state index in [-0.39, 0.29) is 11.8 Å². The highest BCUT2D eigenvalue weighted by molar-refractivity contribution is 8.18. The Morgan fingerprint density at radius 1 is 1.30 bits per heavy atom. The summed E-state index contributed by atoms with van der Waals surface area (Å²) in [5, 5.41) is 1.79. The molecule has 0 saturated carbocycles. The SMILES string of the molecule is COc1cc(/C=C2\SC(=O)NC2=O)ccc1OCC=O. The van der Waals surface area contributed by atoms with Crippen LogP contribution in [0.4, 0.5) is 4.79 Å². The van der Waals surface area contributed by atoms with Gasteiger partial charge >= 0.3 is 0 Å². The predicted octanol–water partition coefficient (Wildman–Crippen LogP) is 1.60. The molecule has 1 aliphatic heterocycles. The van der Waals surface area contributed by atoms with Gasteiger partial charge in [0, 0.05) is 0 Å². The van der Waals surface area contributed by atoms with E-state index >= 15 is 0 Å². The molecule has 0 radical (unpaired) electrons. The van der Waals surface area contributed by atoms with Crippen LogP contribution in [0.1, 0.15) is 5.56 Å². The Hall–Kier alpha value is -2.28. The number of thioether (sulfide) groups is 1. The van der Waals surface area contributed by atoms with Crippen molar-refractivity contribution < 1.29 is 23.9 Å². The monoisotopic (exact) mass is 293 g/mol. The normalized spacial score (nSPS) is 16.1. The first-order valence-electron chi connectivity index (χ1n) is 5.63. The Labute approximate surface area is 119 Å². The van der Waals surface area contributed by atoms with Crippen LogP contribution in [-0.4, -0.2) is 31.1 Å². The average molecular weight is 293 g/mol. The van der Waals surface area contributed by atoms with E-state index in [1.54, 1.807) is 24.3 Å². The van der Waals surface area contributed by atoms with Gasteiger partial charge in [0.25, 0.3) is 11.1 Å². The molecule has 0 aliphatic carbocycles. The van der Waals surface area contributed by atoms with E-state index in [4.69, 9.17) is 9.47 Å². The first-order valence-corrected chi connectivity index (χ1v) is 6.45. The highest BCUT2D eigenvalue weighted by Gasteiger charge is 2.25. The van der Waals surface area contributed by atoms with Gasteiger partial charge in [0.05, 0.1) is 12.0 Å². The van der Waals surface area contributed by atoms with Gasteiger partial charge in [-0.3, -0.25) is 19.7 Å². The summed E-state index contributed by atoms with van der Waals surface area (Å²) in [5.74, 6) is 0.456. The number of hydrogen-bond donors (Lipinski definition) is 1. The lowest BCUT2D eigenvalue weighted by Gasteiger charge is -2.09. The first kappa shape index (κ1) is 14.1. The smallest absolute Gasteiger partial charge is 0.290 e. The number of amides is 2. The zero-order valence-electron chi connectivity index (χ0n) is 10.5. The minimum atomic E-state index is -0.416. The largest absolute Gasteiger partial charge is 0.493 e. The topological polar surface area (TPSA) is 81.7 Å². The molecule has 1 aliphatic rings. The van der Waals surface area contributed by atoms with E-state index in [9.17, 15) is 14.4 Å². The molecule has 1 N–H and O–H groups in total. The van der Waals surface area contributed by atoms with Gasteiger partial charge in [-0.2, -0.15) is 0 Å². The van der Waals surface area contributed by atoms with E-state index in [0.717, 1.165) is 11.8 Å². The molecule has 0 bridgehead atoms. The highest BCUT2D eigenvalue weighted by Crippen LogP contribution is 2.31. The first-order chi connectivity index (χ1) is 9.63. The Bertz CT molecular complexity index is 596. The van der Waals surface area contributed by atoms with Crippen molar-refractivity contribution >= 4 is 35.3 Å². The number of imide groups is 1. The molecule has 104 valence electrons. The number of methoxy groups -OCH3 is 1. The fourth-order valence-electron chi connectivity index (χ4n) is 1.59. The zero-order valence-corrected chi connectivity index (χ0v) is 11.4. The minimum Gasteiger partial charge on any atom is -0.493 e. The molecule has 6 nitrogen and oxygen atoms in total. The third kappa shape index (κ3) is 3.18. The maximum Gasteiger partial charge on any atom is 0.290 e. The number of nitrogens with one attached hydrogen (secondary N) is 1. The quantitative estimate of drug-likeness (QED) is 0.656. The number of hydrogen-bond acceptors (Lipinski definition) is 6. The summed E-state index contributed by atoms with van der Waals surface area (Å²) >= 11 is 0.843. The van der Waals surface area contributed by atoms with Crippen LogP contribution in [0, 0.1) is 0 Å². The van der Waals surface area contributed by atoms with Crippen molar-refractivity contribution in [1.29, 1.82) is 0 Å². The molecule has 1 saturated heterocycles. The molecule has 0 atom stereocenters. The molecule has 2 amide bonds. The Morgan fingerprint density at radius 3 is 2.70 bits per heavy atom. The number of rotatable bonds is 5. The van der Waals surface area contributed by atoms with Gasteiger partial charge in [-0.1, -0.05) is 6.07 Å². The second kappa shape index (κ2) is 6.25. The van der Waals surface area contributed by atoms with Gasteiger partial charge in [0.2, 0.25) is 0 Å². The minimum absolute atomic E-state index is 0.0659. The molecule has 1 aromatic rings. The van der Waals surface area contributed by atoms with Crippen molar-refractivity contribution in [1.82, 2.24) is 5.32 Å². The molecule has 0 unspecified atom stereocenters. The Balaban J connectivity index is 2.25. The van der Waals surface area contributed by atoms with Crippen molar-refractivity contribution in [2.24, 2.45) is 0 Å². The molecule has 2 rings (SSSR count). The maximum absolute atomic E-state index is 11.4. The van der Waals surface area contributed by atoms with E-state index < -0.39 is 5.91 Å². The molecule has 0 spiro atoms. The summed E-state index contributed by atoms with van der Waals surface area (Å²) in [7, 11) is 1.47. The number of carbonyl (C=O) groups excluding carboxylic acids is 3. The molecule has 1 aromatic carbocycles. The average Bonchev–Trinajstić information content (AvgIpc) is 2.75. The van der Waals surface area contributed by atoms with Crippen molar-refractivity contribution in [3.63, 3.8) is 0 Å². The van der Waals surface area contributed by atoms with Crippen LogP contribution >= 0.6 is 11.8 Å². The van der Waals surface area contributed by atoms with Crippen LogP contribution in [0.3, 0.4) is 0 Å². The number of carbonyl (C=O) groups is 3. The van der Waals surface area contributed by atoms with Crippen molar-refractivity contribution in [2.75, 3.05) is 13.7 Å². The van der Waals surface area contributed by atoms with Gasteiger partial charge < -0.3 is 9.47 Å². The molecule has 1 heterocycles. The summed E-state index contributed by atoms with van der Waals surface area (Å²) in [5.41, 5.74) is 0.688. The van der Waals surface area contributed by atoms with E-state index in [2.05, 4.69) is 5.32 Å². The predicted molar refractivity (Wildman–Crippen MR) is 73.7 cm³/mol. The number of benzene rings is 1. The van der Waals surface area contributed by atoms with Gasteiger partial charge in [-0.25, -0.2) is 0 Å². The summed E-state index contributed by atoms with van der Waals surface area (Å²) in [6.07, 6.45) is 2.22. The maximum atomic E-state index is 11.4. The van der Waals surface area contributed by atoms with Crippen molar-refractivity contribution in [3.05, 3.63) is 28.7 Å².